The molecule has 3 fully saturated rings. The number of phenols is 1. The van der Waals surface area contributed by atoms with Gasteiger partial charge in [0.25, 0.3) is 0 Å². The number of methoxy groups -OCH3 is 1. The molecule has 3 aliphatic rings. The van der Waals surface area contributed by atoms with Crippen LogP contribution in [0.5, 0.6) is 11.5 Å². The highest BCUT2D eigenvalue weighted by molar-refractivity contribution is 5.41. The number of rotatable bonds is 5. The molecule has 4 heteroatoms. The van der Waals surface area contributed by atoms with Crippen LogP contribution in [-0.2, 0) is 11.2 Å². The normalized spacial score (nSPS) is 31.1. The zero-order valence-corrected chi connectivity index (χ0v) is 13.9. The van der Waals surface area contributed by atoms with Gasteiger partial charge in [0, 0.05) is 24.0 Å². The monoisotopic (exact) mass is 317 g/mol. The molecule has 4 rings (SSSR count). The van der Waals surface area contributed by atoms with E-state index in [1.165, 1.54) is 37.7 Å². The number of phenolic OH excluding ortho intramolecular Hbond substituents is 1. The molecule has 1 spiro atoms. The molecule has 1 heterocycles. The molecule has 2 N–H and O–H groups in total. The van der Waals surface area contributed by atoms with Gasteiger partial charge in [0.05, 0.1) is 13.2 Å². The zero-order chi connectivity index (χ0) is 15.9. The van der Waals surface area contributed by atoms with Crippen molar-refractivity contribution in [1.29, 1.82) is 0 Å². The fourth-order valence-electron chi connectivity index (χ4n) is 5.26. The molecule has 2 saturated carbocycles. The van der Waals surface area contributed by atoms with Gasteiger partial charge in [-0.15, -0.1) is 0 Å². The summed E-state index contributed by atoms with van der Waals surface area (Å²) in [5, 5.41) is 13.5. The molecule has 0 unspecified atom stereocenters. The fraction of sp³-hybridized carbons (Fsp3) is 0.684. The summed E-state index contributed by atoms with van der Waals surface area (Å²) >= 11 is 0. The maximum Gasteiger partial charge on any atom is 0.160 e. The van der Waals surface area contributed by atoms with Crippen molar-refractivity contribution in [3.63, 3.8) is 0 Å². The quantitative estimate of drug-likeness (QED) is 0.877. The van der Waals surface area contributed by atoms with Crippen LogP contribution in [0.3, 0.4) is 0 Å². The minimum Gasteiger partial charge on any atom is -0.504 e. The largest absolute Gasteiger partial charge is 0.504 e. The Labute approximate surface area is 138 Å². The first kappa shape index (κ1) is 15.3. The predicted octanol–water partition coefficient (Wildman–Crippen LogP) is 2.88. The molecule has 1 saturated heterocycles. The van der Waals surface area contributed by atoms with Crippen LogP contribution in [0, 0.1) is 11.3 Å². The van der Waals surface area contributed by atoms with Crippen molar-refractivity contribution in [3.8, 4) is 11.5 Å². The van der Waals surface area contributed by atoms with Crippen LogP contribution in [0.15, 0.2) is 18.2 Å². The van der Waals surface area contributed by atoms with E-state index in [0.29, 0.717) is 23.3 Å². The Morgan fingerprint density at radius 1 is 1.35 bits per heavy atom. The van der Waals surface area contributed by atoms with E-state index in [2.05, 4.69) is 5.32 Å². The Morgan fingerprint density at radius 3 is 2.96 bits per heavy atom. The molecular weight excluding hydrogens is 290 g/mol. The van der Waals surface area contributed by atoms with E-state index in [1.807, 2.05) is 12.1 Å². The molecule has 23 heavy (non-hydrogen) atoms. The number of hydrogen-bond donors (Lipinski definition) is 2. The highest BCUT2D eigenvalue weighted by Crippen LogP contribution is 2.60. The van der Waals surface area contributed by atoms with Gasteiger partial charge in [-0.05, 0) is 49.9 Å². The second-order valence-corrected chi connectivity index (χ2v) is 7.37. The Hall–Kier alpha value is -1.26. The van der Waals surface area contributed by atoms with Gasteiger partial charge in [-0.2, -0.15) is 0 Å². The van der Waals surface area contributed by atoms with Gasteiger partial charge in [0.15, 0.2) is 11.5 Å². The van der Waals surface area contributed by atoms with Crippen LogP contribution in [0.2, 0.25) is 0 Å². The summed E-state index contributed by atoms with van der Waals surface area (Å²) in [6.45, 7) is 1.92. The lowest BCUT2D eigenvalue weighted by atomic mass is 9.54. The number of fused-ring (bicyclic) bond motifs is 2. The standard InChI is InChI=1S/C19H27NO3/c1-22-16-12-13(4-5-15(16)21)6-10-20-17-14-7-11-23-18(14)19(17)8-2-3-9-19/h4-5,12,14,17-18,20-21H,2-3,6-11H2,1H3/t14-,17+,18-/m0/s1. The summed E-state index contributed by atoms with van der Waals surface area (Å²) in [7, 11) is 1.59. The van der Waals surface area contributed by atoms with E-state index < -0.39 is 0 Å². The van der Waals surface area contributed by atoms with Gasteiger partial charge in [-0.25, -0.2) is 0 Å². The van der Waals surface area contributed by atoms with Crippen molar-refractivity contribution < 1.29 is 14.6 Å². The molecule has 1 aliphatic heterocycles. The summed E-state index contributed by atoms with van der Waals surface area (Å²) in [6, 6.07) is 6.27. The molecule has 0 aromatic heterocycles. The number of nitrogens with one attached hydrogen (secondary N) is 1. The van der Waals surface area contributed by atoms with E-state index in [4.69, 9.17) is 9.47 Å². The van der Waals surface area contributed by atoms with E-state index in [9.17, 15) is 5.11 Å². The SMILES string of the molecule is COc1cc(CCN[C@@H]2[C@@H]3CCO[C@@H]3C23CCCC3)ccc1O. The summed E-state index contributed by atoms with van der Waals surface area (Å²) in [4.78, 5) is 0. The van der Waals surface area contributed by atoms with Gasteiger partial charge < -0.3 is 19.9 Å². The van der Waals surface area contributed by atoms with Crippen LogP contribution in [0.1, 0.15) is 37.7 Å². The molecule has 0 radical (unpaired) electrons. The fourth-order valence-corrected chi connectivity index (χ4v) is 5.26. The molecule has 2 aliphatic carbocycles. The summed E-state index contributed by atoms with van der Waals surface area (Å²) in [5.74, 6) is 1.49. The molecule has 1 aromatic carbocycles. The smallest absolute Gasteiger partial charge is 0.160 e. The average Bonchev–Trinajstić information content (AvgIpc) is 3.21. The molecular formula is C19H27NO3. The molecule has 0 bridgehead atoms. The summed E-state index contributed by atoms with van der Waals surface area (Å²) < 4.78 is 11.2. The van der Waals surface area contributed by atoms with Gasteiger partial charge >= 0.3 is 0 Å². The van der Waals surface area contributed by atoms with E-state index in [1.54, 1.807) is 13.2 Å². The Bertz CT molecular complexity index is 568. The topological polar surface area (TPSA) is 50.7 Å². The van der Waals surface area contributed by atoms with Crippen LogP contribution in [0.4, 0.5) is 0 Å². The number of benzene rings is 1. The van der Waals surface area contributed by atoms with Gasteiger partial charge in [0.1, 0.15) is 0 Å². The lowest BCUT2D eigenvalue weighted by Crippen LogP contribution is -2.67. The second kappa shape index (κ2) is 5.99. The van der Waals surface area contributed by atoms with Crippen LogP contribution in [0.25, 0.3) is 0 Å². The first-order chi connectivity index (χ1) is 11.2. The number of hydrogen-bond acceptors (Lipinski definition) is 4. The Morgan fingerprint density at radius 2 is 2.17 bits per heavy atom. The van der Waals surface area contributed by atoms with Crippen molar-refractivity contribution in [1.82, 2.24) is 5.32 Å². The van der Waals surface area contributed by atoms with Crippen LogP contribution >= 0.6 is 0 Å². The molecule has 3 atom stereocenters. The van der Waals surface area contributed by atoms with Crippen molar-refractivity contribution in [2.45, 2.75) is 50.7 Å². The van der Waals surface area contributed by atoms with Crippen molar-refractivity contribution in [3.05, 3.63) is 23.8 Å². The van der Waals surface area contributed by atoms with E-state index in [0.717, 1.165) is 25.5 Å². The average molecular weight is 317 g/mol. The zero-order valence-electron chi connectivity index (χ0n) is 13.9. The second-order valence-electron chi connectivity index (χ2n) is 7.37. The minimum absolute atomic E-state index is 0.207. The van der Waals surface area contributed by atoms with E-state index >= 15 is 0 Å². The third-order valence-corrected chi connectivity index (χ3v) is 6.31. The highest BCUT2D eigenvalue weighted by Gasteiger charge is 2.64. The minimum atomic E-state index is 0.207. The Balaban J connectivity index is 1.37. The maximum absolute atomic E-state index is 9.68. The van der Waals surface area contributed by atoms with Crippen molar-refractivity contribution in [2.24, 2.45) is 11.3 Å². The molecule has 0 amide bonds. The number of aromatic hydroxyl groups is 1. The lowest BCUT2D eigenvalue weighted by molar-refractivity contribution is -0.130. The third-order valence-electron chi connectivity index (χ3n) is 6.31. The number of ether oxygens (including phenoxy) is 2. The predicted molar refractivity (Wildman–Crippen MR) is 88.9 cm³/mol. The third kappa shape index (κ3) is 2.43. The summed E-state index contributed by atoms with van der Waals surface area (Å²) in [5.41, 5.74) is 1.62. The maximum atomic E-state index is 9.68. The van der Waals surface area contributed by atoms with E-state index in [-0.39, 0.29) is 5.75 Å². The first-order valence-corrected chi connectivity index (χ1v) is 8.95. The highest BCUT2D eigenvalue weighted by atomic mass is 16.5. The van der Waals surface area contributed by atoms with Gasteiger partial charge in [0.2, 0.25) is 0 Å². The molecule has 126 valence electrons. The Kier molecular flexibility index (Phi) is 3.98. The van der Waals surface area contributed by atoms with Gasteiger partial charge in [-0.1, -0.05) is 18.9 Å². The first-order valence-electron chi connectivity index (χ1n) is 8.95. The lowest BCUT2D eigenvalue weighted by Gasteiger charge is -2.57. The summed E-state index contributed by atoms with van der Waals surface area (Å²) in [6.07, 6.45) is 8.09. The molecule has 4 nitrogen and oxygen atoms in total. The van der Waals surface area contributed by atoms with Crippen LogP contribution < -0.4 is 10.1 Å². The van der Waals surface area contributed by atoms with Crippen molar-refractivity contribution in [2.75, 3.05) is 20.3 Å². The molecule has 1 aromatic rings. The van der Waals surface area contributed by atoms with Crippen LogP contribution in [-0.4, -0.2) is 37.5 Å². The van der Waals surface area contributed by atoms with Crippen molar-refractivity contribution >= 4 is 0 Å². The van der Waals surface area contributed by atoms with Gasteiger partial charge in [-0.3, -0.25) is 0 Å².